The van der Waals surface area contributed by atoms with E-state index in [9.17, 15) is 0 Å². The fraction of sp³-hybridized carbons (Fsp3) is 0.500. The van der Waals surface area contributed by atoms with E-state index < -0.39 is 7.63 Å². The standard InChI is InChI=1S/C16H21ClOSi/c1-19(17,18-16-5-3-2-4-6-16)10-9-15-12-13-7-8-14(15)11-13/h2-8,13-15H,9-12H2,1H3. The summed E-state index contributed by atoms with van der Waals surface area (Å²) in [4.78, 5) is 0. The maximum absolute atomic E-state index is 6.65. The zero-order valence-electron chi connectivity index (χ0n) is 11.4. The van der Waals surface area contributed by atoms with Crippen LogP contribution in [0.4, 0.5) is 0 Å². The molecular weight excluding hydrogens is 272 g/mol. The van der Waals surface area contributed by atoms with Crippen molar-refractivity contribution in [2.45, 2.75) is 31.9 Å². The second-order valence-electron chi connectivity index (χ2n) is 6.10. The zero-order chi connectivity index (χ0) is 13.3. The van der Waals surface area contributed by atoms with Crippen LogP contribution < -0.4 is 4.43 Å². The number of hydrogen-bond donors (Lipinski definition) is 0. The number of benzene rings is 1. The van der Waals surface area contributed by atoms with Crippen LogP contribution in [-0.4, -0.2) is 7.63 Å². The Bertz CT molecular complexity index is 457. The van der Waals surface area contributed by atoms with Crippen molar-refractivity contribution < 1.29 is 4.43 Å². The Labute approximate surface area is 121 Å². The van der Waals surface area contributed by atoms with E-state index in [0.717, 1.165) is 29.5 Å². The van der Waals surface area contributed by atoms with E-state index in [1.165, 1.54) is 19.3 Å². The molecule has 4 atom stereocenters. The molecule has 0 amide bonds. The van der Waals surface area contributed by atoms with Crippen molar-refractivity contribution in [2.75, 3.05) is 0 Å². The summed E-state index contributed by atoms with van der Waals surface area (Å²) in [6.07, 6.45) is 8.80. The highest BCUT2D eigenvalue weighted by atomic mass is 35.6. The first-order valence-electron chi connectivity index (χ1n) is 7.24. The molecule has 2 aliphatic rings. The molecule has 1 nitrogen and oxygen atoms in total. The molecular formula is C16H21ClOSi. The molecule has 1 saturated carbocycles. The molecule has 1 aromatic rings. The lowest BCUT2D eigenvalue weighted by atomic mass is 9.91. The third-order valence-corrected chi connectivity index (χ3v) is 7.09. The van der Waals surface area contributed by atoms with E-state index in [1.807, 2.05) is 30.3 Å². The van der Waals surface area contributed by atoms with Gasteiger partial charge >= 0.3 is 7.63 Å². The number of halogens is 1. The molecule has 2 bridgehead atoms. The summed E-state index contributed by atoms with van der Waals surface area (Å²) in [5.74, 6) is 3.44. The van der Waals surface area contributed by atoms with Gasteiger partial charge in [-0.1, -0.05) is 30.4 Å². The van der Waals surface area contributed by atoms with Crippen LogP contribution in [0.15, 0.2) is 42.5 Å². The zero-order valence-corrected chi connectivity index (χ0v) is 13.1. The Morgan fingerprint density at radius 1 is 1.21 bits per heavy atom. The van der Waals surface area contributed by atoms with Gasteiger partial charge in [-0.05, 0) is 61.7 Å². The second kappa shape index (κ2) is 5.33. The lowest BCUT2D eigenvalue weighted by Crippen LogP contribution is -2.32. The largest absolute Gasteiger partial charge is 0.529 e. The first-order chi connectivity index (χ1) is 9.12. The van der Waals surface area contributed by atoms with Gasteiger partial charge in [0.1, 0.15) is 5.75 Å². The predicted octanol–water partition coefficient (Wildman–Crippen LogP) is 4.98. The molecule has 2 aliphatic carbocycles. The molecule has 1 fully saturated rings. The van der Waals surface area contributed by atoms with E-state index in [0.29, 0.717) is 0 Å². The SMILES string of the molecule is C[Si](Cl)(CCC1CC2C=CC1C2)Oc1ccccc1. The highest BCUT2D eigenvalue weighted by Crippen LogP contribution is 2.46. The fourth-order valence-corrected chi connectivity index (χ4v) is 5.67. The Hall–Kier alpha value is -0.733. The van der Waals surface area contributed by atoms with Crippen LogP contribution in [0.1, 0.15) is 19.3 Å². The average molecular weight is 293 g/mol. The van der Waals surface area contributed by atoms with Crippen LogP contribution >= 0.6 is 11.1 Å². The average Bonchev–Trinajstić information content (AvgIpc) is 2.99. The van der Waals surface area contributed by atoms with E-state index in [1.54, 1.807) is 0 Å². The Balaban J connectivity index is 1.52. The van der Waals surface area contributed by atoms with Crippen molar-refractivity contribution in [3.05, 3.63) is 42.5 Å². The van der Waals surface area contributed by atoms with E-state index >= 15 is 0 Å². The third-order valence-electron chi connectivity index (χ3n) is 4.45. The van der Waals surface area contributed by atoms with Crippen LogP contribution in [0.2, 0.25) is 12.6 Å². The summed E-state index contributed by atoms with van der Waals surface area (Å²) >= 11 is 6.65. The summed E-state index contributed by atoms with van der Waals surface area (Å²) in [5, 5.41) is 0. The van der Waals surface area contributed by atoms with Gasteiger partial charge in [0.05, 0.1) is 0 Å². The number of para-hydroxylation sites is 1. The van der Waals surface area contributed by atoms with Gasteiger partial charge in [-0.25, -0.2) is 0 Å². The molecule has 0 radical (unpaired) electrons. The van der Waals surface area contributed by atoms with Crippen LogP contribution in [0.3, 0.4) is 0 Å². The lowest BCUT2D eigenvalue weighted by Gasteiger charge is -2.25. The third kappa shape index (κ3) is 3.24. The number of allylic oxidation sites excluding steroid dienone is 2. The molecule has 0 saturated heterocycles. The first kappa shape index (κ1) is 13.3. The minimum Gasteiger partial charge on any atom is -0.529 e. The Morgan fingerprint density at radius 2 is 2.00 bits per heavy atom. The minimum atomic E-state index is -2.09. The molecule has 1 aromatic carbocycles. The van der Waals surface area contributed by atoms with E-state index in [-0.39, 0.29) is 0 Å². The van der Waals surface area contributed by atoms with Crippen molar-refractivity contribution in [3.63, 3.8) is 0 Å². The maximum atomic E-state index is 6.65. The molecule has 3 heteroatoms. The number of rotatable bonds is 5. The highest BCUT2D eigenvalue weighted by Gasteiger charge is 2.38. The van der Waals surface area contributed by atoms with Gasteiger partial charge in [0.25, 0.3) is 0 Å². The van der Waals surface area contributed by atoms with Crippen molar-refractivity contribution in [2.24, 2.45) is 17.8 Å². The topological polar surface area (TPSA) is 9.23 Å². The summed E-state index contributed by atoms with van der Waals surface area (Å²) in [5.41, 5.74) is 0. The normalized spacial score (nSPS) is 31.4. The van der Waals surface area contributed by atoms with Gasteiger partial charge in [0, 0.05) is 0 Å². The van der Waals surface area contributed by atoms with Crippen LogP contribution in [0, 0.1) is 17.8 Å². The molecule has 102 valence electrons. The Kier molecular flexibility index (Phi) is 3.72. The van der Waals surface area contributed by atoms with E-state index in [4.69, 9.17) is 15.5 Å². The quantitative estimate of drug-likeness (QED) is 0.422. The molecule has 4 unspecified atom stereocenters. The fourth-order valence-electron chi connectivity index (χ4n) is 3.46. The van der Waals surface area contributed by atoms with Crippen LogP contribution in [0.5, 0.6) is 5.75 Å². The maximum Gasteiger partial charge on any atom is 0.344 e. The molecule has 0 spiro atoms. The molecule has 0 N–H and O–H groups in total. The monoisotopic (exact) mass is 292 g/mol. The van der Waals surface area contributed by atoms with E-state index in [2.05, 4.69) is 18.7 Å². The molecule has 19 heavy (non-hydrogen) atoms. The van der Waals surface area contributed by atoms with Crippen LogP contribution in [0.25, 0.3) is 0 Å². The van der Waals surface area contributed by atoms with Crippen molar-refractivity contribution in [3.8, 4) is 5.75 Å². The summed E-state index contributed by atoms with van der Waals surface area (Å²) in [6, 6.07) is 11.0. The molecule has 0 aromatic heterocycles. The molecule has 0 aliphatic heterocycles. The minimum absolute atomic E-state index is 0.822. The second-order valence-corrected chi connectivity index (χ2v) is 11.4. The molecule has 3 rings (SSSR count). The van der Waals surface area contributed by atoms with Crippen molar-refractivity contribution in [1.82, 2.24) is 0 Å². The number of fused-ring (bicyclic) bond motifs is 2. The predicted molar refractivity (Wildman–Crippen MR) is 82.8 cm³/mol. The molecule has 0 heterocycles. The van der Waals surface area contributed by atoms with Gasteiger partial charge in [-0.15, -0.1) is 11.1 Å². The van der Waals surface area contributed by atoms with Gasteiger partial charge in [0.15, 0.2) is 0 Å². The summed E-state index contributed by atoms with van der Waals surface area (Å²) < 4.78 is 6.03. The first-order valence-corrected chi connectivity index (χ1v) is 10.9. The van der Waals surface area contributed by atoms with Gasteiger partial charge in [0.2, 0.25) is 0 Å². The number of hydrogen-bond acceptors (Lipinski definition) is 1. The van der Waals surface area contributed by atoms with Crippen LogP contribution in [-0.2, 0) is 0 Å². The van der Waals surface area contributed by atoms with Crippen molar-refractivity contribution >= 4 is 18.7 Å². The van der Waals surface area contributed by atoms with Gasteiger partial charge in [-0.3, -0.25) is 0 Å². The smallest absolute Gasteiger partial charge is 0.344 e. The van der Waals surface area contributed by atoms with Gasteiger partial charge in [-0.2, -0.15) is 0 Å². The van der Waals surface area contributed by atoms with Crippen molar-refractivity contribution in [1.29, 1.82) is 0 Å². The van der Waals surface area contributed by atoms with Gasteiger partial charge < -0.3 is 4.43 Å². The Morgan fingerprint density at radius 3 is 2.63 bits per heavy atom. The summed E-state index contributed by atoms with van der Waals surface area (Å²) in [7, 11) is -2.09. The highest BCUT2D eigenvalue weighted by molar-refractivity contribution is 7.16. The lowest BCUT2D eigenvalue weighted by molar-refractivity contribution is 0.424. The summed E-state index contributed by atoms with van der Waals surface area (Å²) in [6.45, 7) is 2.12.